The van der Waals surface area contributed by atoms with Crippen LogP contribution in [-0.4, -0.2) is 67.6 Å². The van der Waals surface area contributed by atoms with Crippen LogP contribution in [0.5, 0.6) is 0 Å². The Morgan fingerprint density at radius 2 is 1.46 bits per heavy atom. The first-order valence-corrected chi connectivity index (χ1v) is 17.8. The molecule has 0 aliphatic heterocycles. The molecule has 0 atom stereocenters. The van der Waals surface area contributed by atoms with Crippen LogP contribution in [0.25, 0.3) is 0 Å². The molecule has 0 aliphatic carbocycles. The lowest BCUT2D eigenvalue weighted by Crippen LogP contribution is -2.50. The number of benzene rings is 2. The van der Waals surface area contributed by atoms with Gasteiger partial charge in [-0.15, -0.1) is 0 Å². The number of amides is 3. The minimum absolute atomic E-state index is 0.140. The van der Waals surface area contributed by atoms with Crippen molar-refractivity contribution in [3.05, 3.63) is 91.8 Å². The highest BCUT2D eigenvalue weighted by Gasteiger charge is 2.73. The highest BCUT2D eigenvalue weighted by molar-refractivity contribution is 14.1. The van der Waals surface area contributed by atoms with Gasteiger partial charge < -0.3 is 16.0 Å². The molecule has 294 valence electrons. The maximum absolute atomic E-state index is 14.4. The van der Waals surface area contributed by atoms with Gasteiger partial charge in [-0.3, -0.25) is 19.4 Å². The summed E-state index contributed by atoms with van der Waals surface area (Å²) in [6.07, 6.45) is -14.5. The first kappa shape index (κ1) is 45.6. The standard InChI is InChI=1S/C23H22F7IN2O4S.C9H6F3N3O/c1-12-10-13(21(24,22(25,26)27)23(28,29)30)8-9-16(12)32-18(34)14-6-5-7-15(31)17(14)19(35)33-20(2,3)11-38(4,36)37;10-9(11,12)7-1-3-14-5-6(7)8(16)15-4-2-13/h5-10H,11H2,1-4H3,(H,32,34)(H,33,35);1,3,5H,4H2,(H,15,16). The van der Waals surface area contributed by atoms with Gasteiger partial charge in [0.2, 0.25) is 0 Å². The van der Waals surface area contributed by atoms with Gasteiger partial charge in [0.05, 0.1) is 34.1 Å². The summed E-state index contributed by atoms with van der Waals surface area (Å²) in [5.74, 6) is -3.11. The Hall–Kier alpha value is -4.53. The number of pyridine rings is 1. The fourth-order valence-electron chi connectivity index (χ4n) is 4.74. The molecular weight excluding hydrogens is 883 g/mol. The number of nitrogens with zero attached hydrogens (tertiary/aromatic N) is 2. The molecule has 3 rings (SSSR count). The van der Waals surface area contributed by atoms with E-state index in [4.69, 9.17) is 5.26 Å². The van der Waals surface area contributed by atoms with Gasteiger partial charge in [-0.1, -0.05) is 18.2 Å². The largest absolute Gasteiger partial charge is 0.435 e. The normalized spacial score (nSPS) is 12.5. The number of carbonyl (C=O) groups excluding carboxylic acids is 3. The van der Waals surface area contributed by atoms with Gasteiger partial charge in [-0.25, -0.2) is 12.8 Å². The van der Waals surface area contributed by atoms with Gasteiger partial charge >= 0.3 is 24.2 Å². The molecule has 3 N–H and O–H groups in total. The summed E-state index contributed by atoms with van der Waals surface area (Å²) in [6, 6.07) is 7.75. The van der Waals surface area contributed by atoms with Crippen LogP contribution in [0.2, 0.25) is 0 Å². The topological polar surface area (TPSA) is 158 Å². The predicted molar refractivity (Wildman–Crippen MR) is 182 cm³/mol. The average Bonchev–Trinajstić information content (AvgIpc) is 3.01. The third-order valence-electron chi connectivity index (χ3n) is 6.91. The second-order valence-electron chi connectivity index (χ2n) is 12.0. The van der Waals surface area contributed by atoms with Crippen LogP contribution in [-0.2, 0) is 21.7 Å². The molecule has 2 aromatic carbocycles. The molecule has 0 fully saturated rings. The molecule has 0 aliphatic rings. The molecule has 0 bridgehead atoms. The van der Waals surface area contributed by atoms with Crippen molar-refractivity contribution in [1.82, 2.24) is 15.6 Å². The number of halogens is 11. The highest BCUT2D eigenvalue weighted by Crippen LogP contribution is 2.53. The van der Waals surface area contributed by atoms with E-state index >= 15 is 0 Å². The van der Waals surface area contributed by atoms with Crippen molar-refractivity contribution in [1.29, 1.82) is 5.26 Å². The molecule has 22 heteroatoms. The molecule has 3 aromatic rings. The Balaban J connectivity index is 0.000000524. The maximum atomic E-state index is 14.4. The number of sulfone groups is 1. The van der Waals surface area contributed by atoms with E-state index in [1.165, 1.54) is 32.0 Å². The fourth-order valence-corrected chi connectivity index (χ4v) is 6.87. The maximum Gasteiger partial charge on any atom is 0.435 e. The van der Waals surface area contributed by atoms with Crippen LogP contribution in [0.15, 0.2) is 54.9 Å². The monoisotopic (exact) mass is 911 g/mol. The van der Waals surface area contributed by atoms with Crippen LogP contribution in [0.3, 0.4) is 0 Å². The molecule has 0 radical (unpaired) electrons. The molecule has 0 saturated carbocycles. The van der Waals surface area contributed by atoms with Crippen molar-refractivity contribution in [2.24, 2.45) is 0 Å². The van der Waals surface area contributed by atoms with E-state index in [0.29, 0.717) is 21.8 Å². The number of hydrogen-bond donors (Lipinski definition) is 3. The Morgan fingerprint density at radius 1 is 0.870 bits per heavy atom. The number of anilines is 1. The second kappa shape index (κ2) is 16.9. The molecule has 0 spiro atoms. The fraction of sp³-hybridized carbons (Fsp3) is 0.344. The van der Waals surface area contributed by atoms with Crippen molar-refractivity contribution in [2.75, 3.05) is 23.9 Å². The van der Waals surface area contributed by atoms with Crippen LogP contribution in [0.4, 0.5) is 49.6 Å². The summed E-state index contributed by atoms with van der Waals surface area (Å²) in [4.78, 5) is 40.7. The van der Waals surface area contributed by atoms with Crippen LogP contribution in [0.1, 0.15) is 61.6 Å². The number of nitrogens with one attached hydrogen (secondary N) is 3. The zero-order chi connectivity index (χ0) is 41.7. The number of rotatable bonds is 9. The lowest BCUT2D eigenvalue weighted by Gasteiger charge is -2.30. The Morgan fingerprint density at radius 3 is 1.96 bits per heavy atom. The first-order chi connectivity index (χ1) is 24.5. The van der Waals surface area contributed by atoms with Gasteiger partial charge in [0.15, 0.2) is 0 Å². The molecule has 54 heavy (non-hydrogen) atoms. The number of aryl methyl sites for hydroxylation is 1. The van der Waals surface area contributed by atoms with E-state index < -0.39 is 79.7 Å². The first-order valence-electron chi connectivity index (χ1n) is 14.7. The summed E-state index contributed by atoms with van der Waals surface area (Å²) in [5, 5.41) is 15.0. The van der Waals surface area contributed by atoms with Gasteiger partial charge in [-0.05, 0) is 73.2 Å². The zero-order valence-corrected chi connectivity index (χ0v) is 31.1. The number of carbonyl (C=O) groups is 3. The molecule has 10 nitrogen and oxygen atoms in total. The molecule has 1 aromatic heterocycles. The summed E-state index contributed by atoms with van der Waals surface area (Å²) >= 11 is 1.77. The van der Waals surface area contributed by atoms with Crippen LogP contribution >= 0.6 is 22.6 Å². The molecule has 0 unspecified atom stereocenters. The molecule has 3 amide bonds. The molecule has 1 heterocycles. The van der Waals surface area contributed by atoms with Crippen LogP contribution < -0.4 is 16.0 Å². The Kier molecular flexibility index (Phi) is 14.3. The van der Waals surface area contributed by atoms with E-state index in [-0.39, 0.29) is 35.0 Å². The van der Waals surface area contributed by atoms with Crippen molar-refractivity contribution in [2.45, 2.75) is 50.5 Å². The SMILES string of the molecule is Cc1cc(C(F)(C(F)(F)F)C(F)(F)F)ccc1NC(=O)c1cccc(I)c1C(=O)NC(C)(C)CS(C)(=O)=O.N#CCNC(=O)c1cnccc1C(F)(F)F. The van der Waals surface area contributed by atoms with Crippen molar-refractivity contribution >= 4 is 55.8 Å². The van der Waals surface area contributed by atoms with Crippen molar-refractivity contribution < 1.29 is 66.7 Å². The van der Waals surface area contributed by atoms with Gasteiger partial charge in [0.1, 0.15) is 16.4 Å². The van der Waals surface area contributed by atoms with E-state index in [1.807, 2.05) is 5.32 Å². The third kappa shape index (κ3) is 11.5. The number of hydrogen-bond acceptors (Lipinski definition) is 7. The van der Waals surface area contributed by atoms with E-state index in [0.717, 1.165) is 25.6 Å². The zero-order valence-electron chi connectivity index (χ0n) is 28.1. The molecular formula is C32H28F10IN5O5S. The summed E-state index contributed by atoms with van der Waals surface area (Å²) in [7, 11) is -3.49. The number of nitriles is 1. The average molecular weight is 912 g/mol. The van der Waals surface area contributed by atoms with Gasteiger partial charge in [0, 0.05) is 39.0 Å². The summed E-state index contributed by atoms with van der Waals surface area (Å²) in [5.41, 5.74) is -11.1. The van der Waals surface area contributed by atoms with E-state index in [1.54, 1.807) is 28.7 Å². The summed E-state index contributed by atoms with van der Waals surface area (Å²) in [6.45, 7) is 3.63. The van der Waals surface area contributed by atoms with Gasteiger partial charge in [-0.2, -0.15) is 44.8 Å². The van der Waals surface area contributed by atoms with Crippen LogP contribution in [0, 0.1) is 21.8 Å². The Labute approximate surface area is 314 Å². The van der Waals surface area contributed by atoms with E-state index in [9.17, 15) is 66.7 Å². The minimum atomic E-state index is -6.30. The number of alkyl halides is 10. The van der Waals surface area contributed by atoms with Crippen molar-refractivity contribution in [3.63, 3.8) is 0 Å². The third-order valence-corrected chi connectivity index (χ3v) is 9.06. The summed E-state index contributed by atoms with van der Waals surface area (Å²) < 4.78 is 154. The van der Waals surface area contributed by atoms with Crippen molar-refractivity contribution in [3.8, 4) is 6.07 Å². The smallest absolute Gasteiger partial charge is 0.346 e. The predicted octanol–water partition coefficient (Wildman–Crippen LogP) is 7.05. The lowest BCUT2D eigenvalue weighted by atomic mass is 9.92. The quantitative estimate of drug-likeness (QED) is 0.118. The van der Waals surface area contributed by atoms with E-state index in [2.05, 4.69) is 15.6 Å². The molecule has 0 saturated heterocycles. The highest BCUT2D eigenvalue weighted by atomic mass is 127. The minimum Gasteiger partial charge on any atom is -0.346 e. The second-order valence-corrected chi connectivity index (χ2v) is 15.3. The van der Waals surface area contributed by atoms with Gasteiger partial charge in [0.25, 0.3) is 17.7 Å². The Bertz CT molecular complexity index is 2030. The lowest BCUT2D eigenvalue weighted by molar-refractivity contribution is -0.348. The number of aromatic nitrogens is 1.